The molecule has 0 fully saturated rings. The Kier molecular flexibility index (Phi) is 4.63. The molecule has 0 unspecified atom stereocenters. The smallest absolute Gasteiger partial charge is 0.246 e. The minimum atomic E-state index is -0.126. The molecule has 110 valence electrons. The summed E-state index contributed by atoms with van der Waals surface area (Å²) >= 11 is 0. The first-order chi connectivity index (χ1) is 10.1. The molecule has 0 aliphatic rings. The highest BCUT2D eigenvalue weighted by Gasteiger charge is 2.15. The van der Waals surface area contributed by atoms with E-state index in [-0.39, 0.29) is 18.9 Å². The van der Waals surface area contributed by atoms with E-state index in [9.17, 15) is 4.79 Å². The van der Waals surface area contributed by atoms with E-state index in [1.807, 2.05) is 0 Å². The summed E-state index contributed by atoms with van der Waals surface area (Å²) in [6, 6.07) is 14.1. The van der Waals surface area contributed by atoms with Crippen molar-refractivity contribution in [3.05, 3.63) is 48.5 Å². The molecule has 2 aromatic rings. The molecule has 0 heterocycles. The zero-order valence-corrected chi connectivity index (χ0v) is 11.6. The van der Waals surface area contributed by atoms with Crippen LogP contribution in [-0.4, -0.2) is 12.5 Å². The van der Waals surface area contributed by atoms with Gasteiger partial charge in [0.2, 0.25) is 5.91 Å². The van der Waals surface area contributed by atoms with Gasteiger partial charge in [-0.1, -0.05) is 0 Å². The third kappa shape index (κ3) is 3.87. The Morgan fingerprint density at radius 1 is 0.952 bits per heavy atom. The highest BCUT2D eigenvalue weighted by Crippen LogP contribution is 2.20. The summed E-state index contributed by atoms with van der Waals surface area (Å²) in [6.45, 7) is 0.285. The Balaban J connectivity index is 2.25. The van der Waals surface area contributed by atoms with E-state index in [1.54, 1.807) is 48.5 Å². The molecule has 0 saturated carbocycles. The van der Waals surface area contributed by atoms with Crippen LogP contribution in [0.1, 0.15) is 6.42 Å². The van der Waals surface area contributed by atoms with Gasteiger partial charge < -0.3 is 17.2 Å². The Morgan fingerprint density at radius 3 is 2.00 bits per heavy atom. The van der Waals surface area contributed by atoms with Gasteiger partial charge in [-0.2, -0.15) is 0 Å². The van der Waals surface area contributed by atoms with E-state index in [1.165, 1.54) is 5.01 Å². The third-order valence-electron chi connectivity index (χ3n) is 2.91. The van der Waals surface area contributed by atoms with Crippen molar-refractivity contribution in [1.82, 2.24) is 0 Å². The fourth-order valence-electron chi connectivity index (χ4n) is 1.82. The number of hydrogen-bond acceptors (Lipinski definition) is 5. The number of hydrogen-bond donors (Lipinski definition) is 4. The van der Waals surface area contributed by atoms with Crippen molar-refractivity contribution in [3.63, 3.8) is 0 Å². The number of nitrogen functional groups attached to an aromatic ring is 2. The fraction of sp³-hybridized carbons (Fsp3) is 0.133. The predicted molar refractivity (Wildman–Crippen MR) is 86.5 cm³/mol. The molecule has 0 saturated heterocycles. The van der Waals surface area contributed by atoms with Gasteiger partial charge in [0.25, 0.3) is 0 Å². The molecule has 0 aliphatic heterocycles. The lowest BCUT2D eigenvalue weighted by Gasteiger charge is -2.24. The molecular formula is C15H19N5O. The number of amides is 1. The number of nitrogens with one attached hydrogen (secondary N) is 1. The van der Waals surface area contributed by atoms with Crippen LogP contribution < -0.4 is 27.6 Å². The van der Waals surface area contributed by atoms with Crippen LogP contribution in [0.15, 0.2) is 48.5 Å². The quantitative estimate of drug-likeness (QED) is 0.492. The van der Waals surface area contributed by atoms with Crippen molar-refractivity contribution in [2.75, 3.05) is 28.4 Å². The second-order valence-corrected chi connectivity index (χ2v) is 4.59. The molecule has 0 aliphatic carbocycles. The number of anilines is 4. The number of carbonyl (C=O) groups excluding carboxylic acids is 1. The van der Waals surface area contributed by atoms with Crippen LogP contribution in [0.2, 0.25) is 0 Å². The number of rotatable bonds is 5. The van der Waals surface area contributed by atoms with Gasteiger partial charge in [0, 0.05) is 24.3 Å². The van der Waals surface area contributed by atoms with Gasteiger partial charge >= 0.3 is 0 Å². The minimum Gasteiger partial charge on any atom is -0.399 e. The van der Waals surface area contributed by atoms with Crippen molar-refractivity contribution in [2.45, 2.75) is 6.42 Å². The standard InChI is InChI=1S/C15H19N5O/c16-10-9-15(21)20(14-7-3-12(18)4-8-14)19-13-5-1-11(17)2-6-13/h1-8,19H,9-10,16-18H2. The van der Waals surface area contributed by atoms with Crippen LogP contribution in [0.25, 0.3) is 0 Å². The lowest BCUT2D eigenvalue weighted by atomic mass is 10.2. The van der Waals surface area contributed by atoms with Gasteiger partial charge in [0.15, 0.2) is 0 Å². The molecule has 2 rings (SSSR count). The zero-order chi connectivity index (χ0) is 15.2. The maximum absolute atomic E-state index is 12.2. The van der Waals surface area contributed by atoms with Gasteiger partial charge in [0.05, 0.1) is 11.4 Å². The topological polar surface area (TPSA) is 110 Å². The number of benzene rings is 2. The number of nitrogens with two attached hydrogens (primary N) is 3. The van der Waals surface area contributed by atoms with E-state index in [0.29, 0.717) is 17.1 Å². The van der Waals surface area contributed by atoms with E-state index >= 15 is 0 Å². The van der Waals surface area contributed by atoms with Crippen LogP contribution in [0, 0.1) is 0 Å². The molecule has 0 aromatic heterocycles. The molecule has 0 atom stereocenters. The molecule has 1 amide bonds. The lowest BCUT2D eigenvalue weighted by molar-refractivity contribution is -0.118. The normalized spacial score (nSPS) is 10.1. The van der Waals surface area contributed by atoms with Crippen LogP contribution in [0.5, 0.6) is 0 Å². The van der Waals surface area contributed by atoms with Gasteiger partial charge in [-0.05, 0) is 48.5 Å². The summed E-state index contributed by atoms with van der Waals surface area (Å²) in [5.74, 6) is -0.126. The monoisotopic (exact) mass is 285 g/mol. The summed E-state index contributed by atoms with van der Waals surface area (Å²) in [7, 11) is 0. The predicted octanol–water partition coefficient (Wildman–Crippen LogP) is 1.56. The van der Waals surface area contributed by atoms with Gasteiger partial charge in [-0.25, -0.2) is 5.01 Å². The highest BCUT2D eigenvalue weighted by molar-refractivity contribution is 5.95. The van der Waals surface area contributed by atoms with E-state index in [4.69, 9.17) is 17.2 Å². The average molecular weight is 285 g/mol. The summed E-state index contributed by atoms with van der Waals surface area (Å²) in [6.07, 6.45) is 0.242. The molecule has 0 radical (unpaired) electrons. The highest BCUT2D eigenvalue weighted by atomic mass is 16.2. The average Bonchev–Trinajstić information content (AvgIpc) is 2.48. The molecule has 0 bridgehead atoms. The number of nitrogens with zero attached hydrogens (tertiary/aromatic N) is 1. The van der Waals surface area contributed by atoms with E-state index in [2.05, 4.69) is 5.43 Å². The largest absolute Gasteiger partial charge is 0.399 e. The molecule has 7 N–H and O–H groups in total. The molecule has 6 nitrogen and oxygen atoms in total. The fourth-order valence-corrected chi connectivity index (χ4v) is 1.82. The molecular weight excluding hydrogens is 266 g/mol. The summed E-state index contributed by atoms with van der Waals surface area (Å²) in [5, 5.41) is 1.46. The maximum atomic E-state index is 12.2. The molecule has 6 heteroatoms. The number of hydrazine groups is 1. The van der Waals surface area contributed by atoms with Crippen molar-refractivity contribution >= 4 is 28.7 Å². The van der Waals surface area contributed by atoms with Crippen molar-refractivity contribution in [1.29, 1.82) is 0 Å². The molecule has 2 aromatic carbocycles. The second kappa shape index (κ2) is 6.62. The lowest BCUT2D eigenvalue weighted by Crippen LogP contribution is -2.37. The summed E-state index contributed by atoms with van der Waals surface area (Å²) in [5.41, 5.74) is 22.6. The van der Waals surface area contributed by atoms with Gasteiger partial charge in [0.1, 0.15) is 0 Å². The Morgan fingerprint density at radius 2 is 1.48 bits per heavy atom. The van der Waals surface area contributed by atoms with Crippen molar-refractivity contribution < 1.29 is 4.79 Å². The Labute approximate surface area is 123 Å². The van der Waals surface area contributed by atoms with E-state index < -0.39 is 0 Å². The van der Waals surface area contributed by atoms with Gasteiger partial charge in [-0.3, -0.25) is 10.2 Å². The SMILES string of the molecule is NCCC(=O)N(Nc1ccc(N)cc1)c1ccc(N)cc1. The first kappa shape index (κ1) is 14.7. The third-order valence-corrected chi connectivity index (χ3v) is 2.91. The first-order valence-electron chi connectivity index (χ1n) is 6.61. The minimum absolute atomic E-state index is 0.126. The van der Waals surface area contributed by atoms with Crippen molar-refractivity contribution in [3.8, 4) is 0 Å². The first-order valence-corrected chi connectivity index (χ1v) is 6.61. The summed E-state index contributed by atoms with van der Waals surface area (Å²) < 4.78 is 0. The Hall–Kier alpha value is -2.73. The van der Waals surface area contributed by atoms with Crippen LogP contribution in [0.3, 0.4) is 0 Å². The van der Waals surface area contributed by atoms with Crippen LogP contribution >= 0.6 is 0 Å². The van der Waals surface area contributed by atoms with Crippen LogP contribution in [0.4, 0.5) is 22.7 Å². The van der Waals surface area contributed by atoms with Crippen molar-refractivity contribution in [2.24, 2.45) is 5.73 Å². The van der Waals surface area contributed by atoms with Crippen LogP contribution in [-0.2, 0) is 4.79 Å². The zero-order valence-electron chi connectivity index (χ0n) is 11.6. The molecule has 21 heavy (non-hydrogen) atoms. The Bertz CT molecular complexity index is 594. The summed E-state index contributed by atoms with van der Waals surface area (Å²) in [4.78, 5) is 12.2. The van der Waals surface area contributed by atoms with Gasteiger partial charge in [-0.15, -0.1) is 0 Å². The molecule has 0 spiro atoms. The number of carbonyl (C=O) groups is 1. The maximum Gasteiger partial charge on any atom is 0.246 e. The van der Waals surface area contributed by atoms with E-state index in [0.717, 1.165) is 5.69 Å². The second-order valence-electron chi connectivity index (χ2n) is 4.59.